The van der Waals surface area contributed by atoms with Crippen molar-refractivity contribution in [1.29, 1.82) is 0 Å². The van der Waals surface area contributed by atoms with Crippen molar-refractivity contribution in [3.8, 4) is 11.3 Å². The zero-order chi connectivity index (χ0) is 9.26. The van der Waals surface area contributed by atoms with Gasteiger partial charge in [-0.25, -0.2) is 4.79 Å². The molecule has 0 amide bonds. The van der Waals surface area contributed by atoms with Crippen LogP contribution in [-0.4, -0.2) is 4.98 Å². The molecule has 1 aromatic heterocycles. The molecule has 3 heteroatoms. The van der Waals surface area contributed by atoms with Crippen LogP contribution >= 0.6 is 0 Å². The fraction of sp³-hybridized carbons (Fsp3) is 0.100. The summed E-state index contributed by atoms with van der Waals surface area (Å²) in [6, 6.07) is 7.85. The number of nitrogens with one attached hydrogen (secondary N) is 1. The lowest BCUT2D eigenvalue weighted by molar-refractivity contribution is 0.515. The number of hydrogen-bond acceptors (Lipinski definition) is 2. The van der Waals surface area contributed by atoms with Gasteiger partial charge in [-0.3, -0.25) is 4.98 Å². The fourth-order valence-corrected chi connectivity index (χ4v) is 1.15. The molecule has 0 unspecified atom stereocenters. The van der Waals surface area contributed by atoms with Gasteiger partial charge in [0.15, 0.2) is 0 Å². The fourth-order valence-electron chi connectivity index (χ4n) is 1.15. The maximum absolute atomic E-state index is 10.7. The number of rotatable bonds is 1. The van der Waals surface area contributed by atoms with E-state index in [-0.39, 0.29) is 0 Å². The zero-order valence-corrected chi connectivity index (χ0v) is 7.20. The molecule has 0 radical (unpaired) electrons. The number of aryl methyl sites for hydroxylation is 1. The minimum atomic E-state index is -0.421. The number of oxazole rings is 1. The summed E-state index contributed by atoms with van der Waals surface area (Å²) in [5.41, 5.74) is 2.86. The van der Waals surface area contributed by atoms with Gasteiger partial charge in [0.1, 0.15) is 6.26 Å². The van der Waals surface area contributed by atoms with Gasteiger partial charge >= 0.3 is 5.76 Å². The van der Waals surface area contributed by atoms with E-state index in [1.165, 1.54) is 11.8 Å². The molecule has 1 N–H and O–H groups in total. The second-order valence-corrected chi connectivity index (χ2v) is 2.93. The van der Waals surface area contributed by atoms with Gasteiger partial charge in [0, 0.05) is 5.56 Å². The van der Waals surface area contributed by atoms with Crippen LogP contribution in [0.25, 0.3) is 11.3 Å². The van der Waals surface area contributed by atoms with Gasteiger partial charge in [-0.1, -0.05) is 29.8 Å². The molecule has 0 aliphatic carbocycles. The second-order valence-electron chi connectivity index (χ2n) is 2.93. The number of hydrogen-bond donors (Lipinski definition) is 1. The molecule has 1 aromatic carbocycles. The quantitative estimate of drug-likeness (QED) is 0.719. The van der Waals surface area contributed by atoms with E-state index in [4.69, 9.17) is 0 Å². The molecule has 2 rings (SSSR count). The first-order valence-electron chi connectivity index (χ1n) is 4.00. The van der Waals surface area contributed by atoms with Gasteiger partial charge in [-0.2, -0.15) is 0 Å². The van der Waals surface area contributed by atoms with Crippen molar-refractivity contribution in [2.45, 2.75) is 6.92 Å². The summed E-state index contributed by atoms with van der Waals surface area (Å²) in [6.07, 6.45) is 1.42. The van der Waals surface area contributed by atoms with Crippen molar-refractivity contribution in [2.75, 3.05) is 0 Å². The average Bonchev–Trinajstić information content (AvgIpc) is 2.53. The molecule has 0 aliphatic heterocycles. The Labute approximate surface area is 75.0 Å². The van der Waals surface area contributed by atoms with Gasteiger partial charge < -0.3 is 4.42 Å². The Morgan fingerprint density at radius 3 is 2.46 bits per heavy atom. The van der Waals surface area contributed by atoms with Crippen molar-refractivity contribution in [1.82, 2.24) is 4.98 Å². The Bertz CT molecular complexity index is 450. The third-order valence-electron chi connectivity index (χ3n) is 1.88. The number of benzene rings is 1. The topological polar surface area (TPSA) is 46.0 Å². The molecule has 0 saturated heterocycles. The SMILES string of the molecule is Cc1ccc(-c2coc(=O)[nH]2)cc1. The number of aromatic amines is 1. The lowest BCUT2D eigenvalue weighted by atomic mass is 10.1. The molecule has 0 fully saturated rings. The first-order chi connectivity index (χ1) is 6.25. The summed E-state index contributed by atoms with van der Waals surface area (Å²) in [5, 5.41) is 0. The number of H-pyrrole nitrogens is 1. The highest BCUT2D eigenvalue weighted by molar-refractivity contribution is 5.57. The van der Waals surface area contributed by atoms with E-state index in [1.54, 1.807) is 0 Å². The summed E-state index contributed by atoms with van der Waals surface area (Å²) in [5.74, 6) is -0.421. The van der Waals surface area contributed by atoms with Crippen LogP contribution < -0.4 is 5.76 Å². The molecular formula is C10H9NO2. The highest BCUT2D eigenvalue weighted by Crippen LogP contribution is 2.15. The minimum absolute atomic E-state index is 0.421. The average molecular weight is 175 g/mol. The lowest BCUT2D eigenvalue weighted by Gasteiger charge is -1.95. The second kappa shape index (κ2) is 2.94. The summed E-state index contributed by atoms with van der Waals surface area (Å²) >= 11 is 0. The van der Waals surface area contributed by atoms with Crippen molar-refractivity contribution in [2.24, 2.45) is 0 Å². The van der Waals surface area contributed by atoms with Crippen LogP contribution in [0.2, 0.25) is 0 Å². The van der Waals surface area contributed by atoms with Crippen LogP contribution in [0.15, 0.2) is 39.7 Å². The summed E-state index contributed by atoms with van der Waals surface area (Å²) in [7, 11) is 0. The molecule has 1 heterocycles. The minimum Gasteiger partial charge on any atom is -0.416 e. The van der Waals surface area contributed by atoms with Gasteiger partial charge in [-0.05, 0) is 6.92 Å². The number of aromatic nitrogens is 1. The highest BCUT2D eigenvalue weighted by Gasteiger charge is 1.99. The van der Waals surface area contributed by atoms with Crippen LogP contribution in [-0.2, 0) is 0 Å². The molecule has 0 atom stereocenters. The monoisotopic (exact) mass is 175 g/mol. The smallest absolute Gasteiger partial charge is 0.416 e. The highest BCUT2D eigenvalue weighted by atomic mass is 16.4. The van der Waals surface area contributed by atoms with Crippen LogP contribution in [0.3, 0.4) is 0 Å². The summed E-state index contributed by atoms with van der Waals surface area (Å²) < 4.78 is 4.64. The van der Waals surface area contributed by atoms with Crippen LogP contribution in [0, 0.1) is 6.92 Å². The normalized spacial score (nSPS) is 10.2. The van der Waals surface area contributed by atoms with Crippen molar-refractivity contribution < 1.29 is 4.42 Å². The van der Waals surface area contributed by atoms with E-state index in [0.717, 1.165) is 5.56 Å². The van der Waals surface area contributed by atoms with E-state index >= 15 is 0 Å². The molecule has 0 aliphatic rings. The molecule has 0 bridgehead atoms. The van der Waals surface area contributed by atoms with Gasteiger partial charge in [0.2, 0.25) is 0 Å². The van der Waals surface area contributed by atoms with Gasteiger partial charge in [-0.15, -0.1) is 0 Å². The van der Waals surface area contributed by atoms with Gasteiger partial charge in [0.05, 0.1) is 5.69 Å². The Kier molecular flexibility index (Phi) is 1.77. The summed E-state index contributed by atoms with van der Waals surface area (Å²) in [4.78, 5) is 13.3. The lowest BCUT2D eigenvalue weighted by Crippen LogP contribution is -1.94. The molecule has 2 aromatic rings. The zero-order valence-electron chi connectivity index (χ0n) is 7.20. The first-order valence-corrected chi connectivity index (χ1v) is 4.00. The van der Waals surface area contributed by atoms with Crippen LogP contribution in [0.5, 0.6) is 0 Å². The van der Waals surface area contributed by atoms with E-state index in [1.807, 2.05) is 31.2 Å². The molecular weight excluding hydrogens is 166 g/mol. The third kappa shape index (κ3) is 1.54. The largest absolute Gasteiger partial charge is 0.416 e. The third-order valence-corrected chi connectivity index (χ3v) is 1.88. The van der Waals surface area contributed by atoms with Crippen LogP contribution in [0.4, 0.5) is 0 Å². The summed E-state index contributed by atoms with van der Waals surface area (Å²) in [6.45, 7) is 2.02. The molecule has 0 spiro atoms. The Morgan fingerprint density at radius 1 is 1.23 bits per heavy atom. The van der Waals surface area contributed by atoms with Crippen molar-refractivity contribution in [3.05, 3.63) is 46.6 Å². The van der Waals surface area contributed by atoms with Crippen molar-refractivity contribution >= 4 is 0 Å². The predicted octanol–water partition coefficient (Wildman–Crippen LogP) is 1.94. The Hall–Kier alpha value is -1.77. The van der Waals surface area contributed by atoms with E-state index in [2.05, 4.69) is 9.40 Å². The Morgan fingerprint density at radius 2 is 1.92 bits per heavy atom. The molecule has 13 heavy (non-hydrogen) atoms. The molecule has 66 valence electrons. The maximum atomic E-state index is 10.7. The van der Waals surface area contributed by atoms with E-state index < -0.39 is 5.76 Å². The predicted molar refractivity (Wildman–Crippen MR) is 49.5 cm³/mol. The first kappa shape index (κ1) is 7.86. The maximum Gasteiger partial charge on any atom is 0.416 e. The standard InChI is InChI=1S/C10H9NO2/c1-7-2-4-8(5-3-7)9-6-13-10(12)11-9/h2-6H,1H3,(H,11,12). The van der Waals surface area contributed by atoms with E-state index in [9.17, 15) is 4.79 Å². The Balaban J connectivity index is 2.47. The molecule has 3 nitrogen and oxygen atoms in total. The van der Waals surface area contributed by atoms with Crippen molar-refractivity contribution in [3.63, 3.8) is 0 Å². The van der Waals surface area contributed by atoms with Crippen LogP contribution in [0.1, 0.15) is 5.56 Å². The molecule has 0 saturated carbocycles. The van der Waals surface area contributed by atoms with E-state index in [0.29, 0.717) is 5.69 Å². The van der Waals surface area contributed by atoms with Gasteiger partial charge in [0.25, 0.3) is 0 Å².